The van der Waals surface area contributed by atoms with Crippen LogP contribution < -0.4 is 5.73 Å². The van der Waals surface area contributed by atoms with Crippen LogP contribution in [0.3, 0.4) is 0 Å². The second kappa shape index (κ2) is 6.44. The highest BCUT2D eigenvalue weighted by Gasteiger charge is 2.17. The average molecular weight is 267 g/mol. The number of hydrogen-bond acceptors (Lipinski definition) is 2. The second-order valence-electron chi connectivity index (χ2n) is 5.41. The van der Waals surface area contributed by atoms with E-state index in [1.54, 1.807) is 0 Å². The van der Waals surface area contributed by atoms with Crippen molar-refractivity contribution in [3.05, 3.63) is 28.8 Å². The average Bonchev–Trinajstić information content (AvgIpc) is 2.61. The maximum atomic E-state index is 6.24. The fourth-order valence-electron chi connectivity index (χ4n) is 2.79. The number of halogens is 1. The number of nitrogen functional groups attached to an aromatic ring is 1. The van der Waals surface area contributed by atoms with Crippen LogP contribution in [0.25, 0.3) is 0 Å². The van der Waals surface area contributed by atoms with Gasteiger partial charge in [-0.1, -0.05) is 43.4 Å². The summed E-state index contributed by atoms with van der Waals surface area (Å²) in [7, 11) is 2.21. The van der Waals surface area contributed by atoms with E-state index in [2.05, 4.69) is 11.9 Å². The number of hydrogen-bond donors (Lipinski definition) is 1. The molecular weight excluding hydrogens is 244 g/mol. The van der Waals surface area contributed by atoms with Gasteiger partial charge in [-0.3, -0.25) is 4.90 Å². The molecule has 0 radical (unpaired) electrons. The molecule has 0 saturated heterocycles. The summed E-state index contributed by atoms with van der Waals surface area (Å²) in [6.45, 7) is 0.920. The maximum absolute atomic E-state index is 6.24. The lowest BCUT2D eigenvalue weighted by molar-refractivity contribution is 0.213. The van der Waals surface area contributed by atoms with Gasteiger partial charge in [-0.2, -0.15) is 0 Å². The van der Waals surface area contributed by atoms with Gasteiger partial charge in [0.05, 0.1) is 0 Å². The van der Waals surface area contributed by atoms with Crippen LogP contribution in [-0.2, 0) is 6.54 Å². The van der Waals surface area contributed by atoms with Crippen molar-refractivity contribution < 1.29 is 0 Å². The van der Waals surface area contributed by atoms with E-state index in [4.69, 9.17) is 17.3 Å². The third-order valence-electron chi connectivity index (χ3n) is 3.94. The standard InChI is InChI=1S/C15H23ClN2/c1-18(14-6-4-2-3-5-7-14)11-12-8-9-13(17)10-15(12)16/h8-10,14H,2-7,11,17H2,1H3. The lowest BCUT2D eigenvalue weighted by Crippen LogP contribution is -2.30. The van der Waals surface area contributed by atoms with Gasteiger partial charge in [0.25, 0.3) is 0 Å². The van der Waals surface area contributed by atoms with Crippen molar-refractivity contribution >= 4 is 17.3 Å². The quantitative estimate of drug-likeness (QED) is 0.660. The smallest absolute Gasteiger partial charge is 0.0471 e. The molecule has 0 bridgehead atoms. The van der Waals surface area contributed by atoms with Crippen molar-refractivity contribution in [1.29, 1.82) is 0 Å². The predicted molar refractivity (Wildman–Crippen MR) is 78.8 cm³/mol. The van der Waals surface area contributed by atoms with Crippen LogP contribution in [0.5, 0.6) is 0 Å². The highest BCUT2D eigenvalue weighted by Crippen LogP contribution is 2.25. The van der Waals surface area contributed by atoms with Crippen LogP contribution >= 0.6 is 11.6 Å². The monoisotopic (exact) mass is 266 g/mol. The van der Waals surface area contributed by atoms with Crippen LogP contribution in [0.15, 0.2) is 18.2 Å². The molecular formula is C15H23ClN2. The molecule has 0 aliphatic heterocycles. The summed E-state index contributed by atoms with van der Waals surface area (Å²) in [5.41, 5.74) is 7.64. The molecule has 3 heteroatoms. The molecule has 18 heavy (non-hydrogen) atoms. The van der Waals surface area contributed by atoms with Crippen LogP contribution in [0.4, 0.5) is 5.69 Å². The van der Waals surface area contributed by atoms with E-state index in [0.29, 0.717) is 6.04 Å². The lowest BCUT2D eigenvalue weighted by atomic mass is 10.1. The Kier molecular flexibility index (Phi) is 4.90. The fraction of sp³-hybridized carbons (Fsp3) is 0.600. The Morgan fingerprint density at radius 1 is 1.22 bits per heavy atom. The third kappa shape index (κ3) is 3.63. The zero-order valence-corrected chi connectivity index (χ0v) is 11.9. The van der Waals surface area contributed by atoms with Gasteiger partial charge in [0.2, 0.25) is 0 Å². The Morgan fingerprint density at radius 3 is 2.50 bits per heavy atom. The topological polar surface area (TPSA) is 29.3 Å². The van der Waals surface area contributed by atoms with E-state index in [9.17, 15) is 0 Å². The van der Waals surface area contributed by atoms with Crippen LogP contribution in [0.1, 0.15) is 44.1 Å². The zero-order valence-electron chi connectivity index (χ0n) is 11.2. The second-order valence-corrected chi connectivity index (χ2v) is 5.82. The van der Waals surface area contributed by atoms with Gasteiger partial charge in [-0.25, -0.2) is 0 Å². The number of nitrogens with two attached hydrogens (primary N) is 1. The first-order valence-electron chi connectivity index (χ1n) is 6.91. The minimum Gasteiger partial charge on any atom is -0.399 e. The summed E-state index contributed by atoms with van der Waals surface area (Å²) < 4.78 is 0. The number of benzene rings is 1. The van der Waals surface area contributed by atoms with Gasteiger partial charge in [0.15, 0.2) is 0 Å². The number of nitrogens with zero attached hydrogens (tertiary/aromatic N) is 1. The molecule has 1 aliphatic rings. The molecule has 2 rings (SSSR count). The minimum atomic E-state index is 0.709. The van der Waals surface area contributed by atoms with Gasteiger partial charge in [0, 0.05) is 23.3 Å². The summed E-state index contributed by atoms with van der Waals surface area (Å²) in [6.07, 6.45) is 8.17. The lowest BCUT2D eigenvalue weighted by Gasteiger charge is -2.27. The first kappa shape index (κ1) is 13.7. The molecule has 1 fully saturated rings. The Balaban J connectivity index is 1.98. The molecule has 0 heterocycles. The Labute approximate surface area is 115 Å². The first-order chi connectivity index (χ1) is 8.66. The van der Waals surface area contributed by atoms with Crippen LogP contribution in [-0.4, -0.2) is 18.0 Å². The molecule has 0 unspecified atom stereocenters. The van der Waals surface area contributed by atoms with Crippen molar-refractivity contribution in [2.75, 3.05) is 12.8 Å². The largest absolute Gasteiger partial charge is 0.399 e. The van der Waals surface area contributed by atoms with Crippen molar-refractivity contribution in [2.24, 2.45) is 0 Å². The van der Waals surface area contributed by atoms with Crippen molar-refractivity contribution in [3.8, 4) is 0 Å². The molecule has 1 aromatic carbocycles. The molecule has 100 valence electrons. The SMILES string of the molecule is CN(Cc1ccc(N)cc1Cl)C1CCCCCC1. The Hall–Kier alpha value is -0.730. The summed E-state index contributed by atoms with van der Waals surface area (Å²) in [5, 5.41) is 0.787. The van der Waals surface area contributed by atoms with Crippen LogP contribution in [0, 0.1) is 0 Å². The van der Waals surface area contributed by atoms with E-state index in [1.807, 2.05) is 18.2 Å². The molecule has 2 nitrogen and oxygen atoms in total. The summed E-state index contributed by atoms with van der Waals surface area (Å²) in [4.78, 5) is 2.45. The van der Waals surface area contributed by atoms with Crippen molar-refractivity contribution in [2.45, 2.75) is 51.1 Å². The summed E-state index contributed by atoms with van der Waals surface area (Å²) in [6, 6.07) is 6.53. The van der Waals surface area contributed by atoms with Crippen LogP contribution in [0.2, 0.25) is 5.02 Å². The first-order valence-corrected chi connectivity index (χ1v) is 7.29. The molecule has 2 N–H and O–H groups in total. The van der Waals surface area contributed by atoms with E-state index < -0.39 is 0 Å². The molecule has 0 amide bonds. The van der Waals surface area contributed by atoms with E-state index in [1.165, 1.54) is 44.1 Å². The van der Waals surface area contributed by atoms with E-state index in [-0.39, 0.29) is 0 Å². The molecule has 0 spiro atoms. The minimum absolute atomic E-state index is 0.709. The van der Waals surface area contributed by atoms with Gasteiger partial charge in [0.1, 0.15) is 0 Å². The molecule has 1 aliphatic carbocycles. The Bertz CT molecular complexity index is 384. The van der Waals surface area contributed by atoms with Gasteiger partial charge in [-0.05, 0) is 37.6 Å². The number of rotatable bonds is 3. The predicted octanol–water partition coefficient (Wildman–Crippen LogP) is 4.08. The summed E-state index contributed by atoms with van der Waals surface area (Å²) in [5.74, 6) is 0. The maximum Gasteiger partial charge on any atom is 0.0471 e. The number of anilines is 1. The van der Waals surface area contributed by atoms with E-state index in [0.717, 1.165) is 17.3 Å². The highest BCUT2D eigenvalue weighted by molar-refractivity contribution is 6.31. The molecule has 1 saturated carbocycles. The summed E-state index contributed by atoms with van der Waals surface area (Å²) >= 11 is 6.24. The van der Waals surface area contributed by atoms with E-state index >= 15 is 0 Å². The van der Waals surface area contributed by atoms with Gasteiger partial charge < -0.3 is 5.73 Å². The zero-order chi connectivity index (χ0) is 13.0. The van der Waals surface area contributed by atoms with Crippen molar-refractivity contribution in [3.63, 3.8) is 0 Å². The molecule has 0 aromatic heterocycles. The fourth-order valence-corrected chi connectivity index (χ4v) is 3.04. The normalized spacial score (nSPS) is 17.9. The third-order valence-corrected chi connectivity index (χ3v) is 4.30. The van der Waals surface area contributed by atoms with Crippen molar-refractivity contribution in [1.82, 2.24) is 4.90 Å². The Morgan fingerprint density at radius 2 is 1.89 bits per heavy atom. The molecule has 1 aromatic rings. The van der Waals surface area contributed by atoms with Gasteiger partial charge in [-0.15, -0.1) is 0 Å². The highest BCUT2D eigenvalue weighted by atomic mass is 35.5. The molecule has 0 atom stereocenters. The van der Waals surface area contributed by atoms with Gasteiger partial charge >= 0.3 is 0 Å².